The van der Waals surface area contributed by atoms with Gasteiger partial charge in [0.25, 0.3) is 0 Å². The second kappa shape index (κ2) is 2.80. The van der Waals surface area contributed by atoms with Gasteiger partial charge in [-0.05, 0) is 37.9 Å². The van der Waals surface area contributed by atoms with Crippen molar-refractivity contribution < 1.29 is 5.11 Å². The lowest BCUT2D eigenvalue weighted by molar-refractivity contribution is 0.475. The van der Waals surface area contributed by atoms with Gasteiger partial charge < -0.3 is 10.8 Å². The summed E-state index contributed by atoms with van der Waals surface area (Å²) in [7, 11) is 0. The Morgan fingerprint density at radius 3 is 2.40 bits per heavy atom. The number of nitrogen functional groups attached to an aromatic ring is 1. The number of aromatic hydroxyl groups is 1. The van der Waals surface area contributed by atoms with Crippen molar-refractivity contribution in [2.24, 2.45) is 0 Å². The summed E-state index contributed by atoms with van der Waals surface area (Å²) in [6.07, 6.45) is 0. The van der Waals surface area contributed by atoms with Crippen LogP contribution in [0.2, 0.25) is 0 Å². The van der Waals surface area contributed by atoms with Crippen molar-refractivity contribution in [3.8, 4) is 5.75 Å². The van der Waals surface area contributed by atoms with E-state index < -0.39 is 0 Å². The lowest BCUT2D eigenvalue weighted by atomic mass is 10.3. The molecule has 0 spiro atoms. The molecule has 1 rings (SSSR count). The highest BCUT2D eigenvalue weighted by Gasteiger charge is 2.01. The van der Waals surface area contributed by atoms with Gasteiger partial charge in [0.2, 0.25) is 0 Å². The number of rotatable bonds is 0. The number of benzene rings is 1. The quantitative estimate of drug-likeness (QED) is 0.709. The molecule has 0 saturated carbocycles. The van der Waals surface area contributed by atoms with E-state index in [1.807, 2.05) is 0 Å². The molecule has 0 heterocycles. The van der Waals surface area contributed by atoms with Gasteiger partial charge in [-0.2, -0.15) is 0 Å². The molecule has 0 aliphatic carbocycles. The highest BCUT2D eigenvalue weighted by molar-refractivity contribution is 9.13. The molecule has 0 radical (unpaired) electrons. The van der Waals surface area contributed by atoms with Gasteiger partial charge in [-0.15, -0.1) is 0 Å². The SMILES string of the molecule is Nc1cc(O)cc(Br)c1Br. The van der Waals surface area contributed by atoms with Crippen LogP contribution in [0.3, 0.4) is 0 Å². The Balaban J connectivity index is 3.31. The average molecular weight is 267 g/mol. The van der Waals surface area contributed by atoms with E-state index in [9.17, 15) is 0 Å². The van der Waals surface area contributed by atoms with E-state index >= 15 is 0 Å². The fraction of sp³-hybridized carbons (Fsp3) is 0. The van der Waals surface area contributed by atoms with E-state index in [0.29, 0.717) is 5.69 Å². The number of halogens is 2. The third-order valence-electron chi connectivity index (χ3n) is 1.04. The molecule has 10 heavy (non-hydrogen) atoms. The Morgan fingerprint density at radius 1 is 1.30 bits per heavy atom. The van der Waals surface area contributed by atoms with Crippen molar-refractivity contribution in [2.75, 3.05) is 5.73 Å². The van der Waals surface area contributed by atoms with Gasteiger partial charge in [0.1, 0.15) is 5.75 Å². The minimum absolute atomic E-state index is 0.160. The van der Waals surface area contributed by atoms with Crippen LogP contribution >= 0.6 is 31.9 Å². The van der Waals surface area contributed by atoms with Crippen molar-refractivity contribution in [1.29, 1.82) is 0 Å². The molecule has 1 aromatic rings. The second-order valence-electron chi connectivity index (χ2n) is 1.83. The number of nitrogens with two attached hydrogens (primary N) is 1. The van der Waals surface area contributed by atoms with Crippen molar-refractivity contribution in [1.82, 2.24) is 0 Å². The Labute approximate surface area is 75.3 Å². The molecule has 0 atom stereocenters. The van der Waals surface area contributed by atoms with Crippen LogP contribution in [0.15, 0.2) is 21.1 Å². The minimum atomic E-state index is 0.160. The number of hydrogen-bond donors (Lipinski definition) is 2. The number of phenols is 1. The van der Waals surface area contributed by atoms with Crippen LogP contribution in [-0.4, -0.2) is 5.11 Å². The second-order valence-corrected chi connectivity index (χ2v) is 3.48. The van der Waals surface area contributed by atoms with Crippen LogP contribution in [0.4, 0.5) is 5.69 Å². The molecule has 0 aliphatic heterocycles. The van der Waals surface area contributed by atoms with Gasteiger partial charge in [-0.1, -0.05) is 0 Å². The molecule has 0 fully saturated rings. The predicted octanol–water partition coefficient (Wildman–Crippen LogP) is 2.50. The summed E-state index contributed by atoms with van der Waals surface area (Å²) in [5, 5.41) is 8.99. The van der Waals surface area contributed by atoms with E-state index in [0.717, 1.165) is 8.95 Å². The van der Waals surface area contributed by atoms with E-state index in [1.165, 1.54) is 6.07 Å². The van der Waals surface area contributed by atoms with E-state index in [4.69, 9.17) is 10.8 Å². The highest BCUT2D eigenvalue weighted by atomic mass is 79.9. The number of hydrogen-bond acceptors (Lipinski definition) is 2. The van der Waals surface area contributed by atoms with E-state index in [1.54, 1.807) is 6.07 Å². The van der Waals surface area contributed by atoms with Crippen LogP contribution in [0.5, 0.6) is 5.75 Å². The largest absolute Gasteiger partial charge is 0.508 e. The van der Waals surface area contributed by atoms with Crippen LogP contribution < -0.4 is 5.73 Å². The smallest absolute Gasteiger partial charge is 0.118 e. The van der Waals surface area contributed by atoms with Crippen LogP contribution in [0.25, 0.3) is 0 Å². The summed E-state index contributed by atoms with van der Waals surface area (Å²) in [6.45, 7) is 0. The van der Waals surface area contributed by atoms with Crippen LogP contribution in [0, 0.1) is 0 Å². The first-order valence-electron chi connectivity index (χ1n) is 2.54. The topological polar surface area (TPSA) is 46.2 Å². The maximum absolute atomic E-state index is 8.99. The molecule has 2 nitrogen and oxygen atoms in total. The van der Waals surface area contributed by atoms with Crippen molar-refractivity contribution >= 4 is 37.5 Å². The van der Waals surface area contributed by atoms with Gasteiger partial charge in [0.05, 0.1) is 10.2 Å². The molecule has 0 bridgehead atoms. The normalized spacial score (nSPS) is 9.80. The Kier molecular flexibility index (Phi) is 2.21. The van der Waals surface area contributed by atoms with Crippen molar-refractivity contribution in [3.63, 3.8) is 0 Å². The highest BCUT2D eigenvalue weighted by Crippen LogP contribution is 2.32. The zero-order chi connectivity index (χ0) is 7.72. The average Bonchev–Trinajstić information content (AvgIpc) is 1.82. The lowest BCUT2D eigenvalue weighted by Gasteiger charge is -2.00. The van der Waals surface area contributed by atoms with Crippen LogP contribution in [0.1, 0.15) is 0 Å². The summed E-state index contributed by atoms with van der Waals surface area (Å²) in [5.41, 5.74) is 6.00. The third kappa shape index (κ3) is 1.44. The molecular weight excluding hydrogens is 262 g/mol. The van der Waals surface area contributed by atoms with E-state index in [-0.39, 0.29) is 5.75 Å². The van der Waals surface area contributed by atoms with Gasteiger partial charge in [0, 0.05) is 10.5 Å². The molecule has 3 N–H and O–H groups in total. The van der Waals surface area contributed by atoms with Crippen molar-refractivity contribution in [3.05, 3.63) is 21.1 Å². The summed E-state index contributed by atoms with van der Waals surface area (Å²) >= 11 is 6.44. The van der Waals surface area contributed by atoms with E-state index in [2.05, 4.69) is 31.9 Å². The number of anilines is 1. The fourth-order valence-electron chi connectivity index (χ4n) is 0.595. The van der Waals surface area contributed by atoms with Gasteiger partial charge >= 0.3 is 0 Å². The Hall–Kier alpha value is -0.220. The third-order valence-corrected chi connectivity index (χ3v) is 3.08. The Morgan fingerprint density at radius 2 is 1.90 bits per heavy atom. The fourth-order valence-corrected chi connectivity index (χ4v) is 1.29. The lowest BCUT2D eigenvalue weighted by Crippen LogP contribution is -1.86. The molecule has 0 amide bonds. The molecule has 0 unspecified atom stereocenters. The molecule has 0 saturated heterocycles. The van der Waals surface area contributed by atoms with Crippen molar-refractivity contribution in [2.45, 2.75) is 0 Å². The van der Waals surface area contributed by atoms with Crippen LogP contribution in [-0.2, 0) is 0 Å². The zero-order valence-electron chi connectivity index (χ0n) is 4.94. The molecular formula is C6H5Br2NO. The summed E-state index contributed by atoms with van der Waals surface area (Å²) < 4.78 is 1.52. The first-order valence-corrected chi connectivity index (χ1v) is 4.13. The van der Waals surface area contributed by atoms with Gasteiger partial charge in [-0.3, -0.25) is 0 Å². The number of phenolic OH excluding ortho intramolecular Hbond substituents is 1. The first kappa shape index (κ1) is 7.88. The minimum Gasteiger partial charge on any atom is -0.508 e. The monoisotopic (exact) mass is 265 g/mol. The first-order chi connectivity index (χ1) is 4.61. The summed E-state index contributed by atoms with van der Waals surface area (Å²) in [4.78, 5) is 0. The maximum atomic E-state index is 8.99. The molecule has 1 aromatic carbocycles. The Bertz CT molecular complexity index is 239. The zero-order valence-corrected chi connectivity index (χ0v) is 8.11. The molecule has 4 heteroatoms. The van der Waals surface area contributed by atoms with Gasteiger partial charge in [-0.25, -0.2) is 0 Å². The van der Waals surface area contributed by atoms with Gasteiger partial charge in [0.15, 0.2) is 0 Å². The molecule has 0 aliphatic rings. The summed E-state index contributed by atoms with van der Waals surface area (Å²) in [6, 6.07) is 3.05. The summed E-state index contributed by atoms with van der Waals surface area (Å²) in [5.74, 6) is 0.160. The maximum Gasteiger partial charge on any atom is 0.118 e. The predicted molar refractivity (Wildman–Crippen MR) is 47.9 cm³/mol. The molecule has 0 aromatic heterocycles. The molecule has 54 valence electrons. The standard InChI is InChI=1S/C6H5Br2NO/c7-4-1-3(10)2-5(9)6(4)8/h1-2,10H,9H2.